The maximum absolute atomic E-state index is 6.04. The molecule has 3 aromatic rings. The van der Waals surface area contributed by atoms with Crippen molar-refractivity contribution in [3.8, 4) is 17.1 Å². The first-order valence-electron chi connectivity index (χ1n) is 6.52. The zero-order valence-corrected chi connectivity index (χ0v) is 11.2. The molecule has 0 atom stereocenters. The minimum atomic E-state index is 0.703. The van der Waals surface area contributed by atoms with Gasteiger partial charge in [0, 0.05) is 11.3 Å². The van der Waals surface area contributed by atoms with Crippen LogP contribution in [0.1, 0.15) is 12.5 Å². The van der Waals surface area contributed by atoms with Crippen LogP contribution in [0.3, 0.4) is 0 Å². The van der Waals surface area contributed by atoms with Gasteiger partial charge in [-0.3, -0.25) is 0 Å². The second-order valence-electron chi connectivity index (χ2n) is 4.52. The van der Waals surface area contributed by atoms with Crippen LogP contribution < -0.4 is 5.73 Å². The highest BCUT2D eigenvalue weighted by Gasteiger charge is 2.11. The Hall–Kier alpha value is -2.69. The molecule has 0 spiro atoms. The molecule has 1 heterocycles. The van der Waals surface area contributed by atoms with Gasteiger partial charge in [-0.1, -0.05) is 43.3 Å². The van der Waals surface area contributed by atoms with E-state index in [-0.39, 0.29) is 0 Å². The third-order valence-electron chi connectivity index (χ3n) is 3.26. The minimum absolute atomic E-state index is 0.703. The lowest BCUT2D eigenvalue weighted by Gasteiger charge is -2.08. The van der Waals surface area contributed by atoms with E-state index in [2.05, 4.69) is 22.4 Å². The summed E-state index contributed by atoms with van der Waals surface area (Å²) in [6.45, 7) is 2.08. The Bertz CT molecular complexity index is 718. The number of hydrogen-bond donors (Lipinski definition) is 1. The molecular weight excluding hydrogens is 250 g/mol. The number of nitrogens with zero attached hydrogens (tertiary/aromatic N) is 4. The summed E-state index contributed by atoms with van der Waals surface area (Å²) in [6.07, 6.45) is 0.910. The number of rotatable bonds is 3. The molecule has 0 amide bonds. The van der Waals surface area contributed by atoms with Gasteiger partial charge in [0.2, 0.25) is 0 Å². The van der Waals surface area contributed by atoms with Gasteiger partial charge in [-0.15, -0.1) is 5.10 Å². The maximum atomic E-state index is 6.04. The van der Waals surface area contributed by atoms with E-state index in [9.17, 15) is 0 Å². The number of aromatic nitrogens is 4. The largest absolute Gasteiger partial charge is 0.398 e. The smallest absolute Gasteiger partial charge is 0.187 e. The molecule has 100 valence electrons. The van der Waals surface area contributed by atoms with Crippen LogP contribution in [0.2, 0.25) is 0 Å². The third-order valence-corrected chi connectivity index (χ3v) is 3.26. The van der Waals surface area contributed by atoms with Crippen LogP contribution in [0.25, 0.3) is 17.1 Å². The highest BCUT2D eigenvalue weighted by Crippen LogP contribution is 2.22. The predicted octanol–water partition coefficient (Wildman–Crippen LogP) is 2.47. The average molecular weight is 265 g/mol. The molecule has 0 radical (unpaired) electrons. The van der Waals surface area contributed by atoms with E-state index in [4.69, 9.17) is 5.73 Å². The summed E-state index contributed by atoms with van der Waals surface area (Å²) in [6, 6.07) is 15.7. The number of anilines is 1. The van der Waals surface area contributed by atoms with Crippen molar-refractivity contribution in [2.24, 2.45) is 0 Å². The molecule has 0 unspecified atom stereocenters. The highest BCUT2D eigenvalue weighted by atomic mass is 15.5. The second kappa shape index (κ2) is 5.13. The predicted molar refractivity (Wildman–Crippen MR) is 78.4 cm³/mol. The van der Waals surface area contributed by atoms with Gasteiger partial charge in [0.15, 0.2) is 5.82 Å². The number of nitrogen functional groups attached to an aromatic ring is 1. The SMILES string of the molecule is CCc1ccc(-n2nnnc2-c2ccccc2)cc1N. The molecule has 2 N–H and O–H groups in total. The lowest BCUT2D eigenvalue weighted by molar-refractivity contribution is 0.791. The number of hydrogen-bond acceptors (Lipinski definition) is 4. The molecule has 0 aliphatic carbocycles. The van der Waals surface area contributed by atoms with Crippen molar-refractivity contribution >= 4 is 5.69 Å². The zero-order chi connectivity index (χ0) is 13.9. The molecule has 0 bridgehead atoms. The van der Waals surface area contributed by atoms with Crippen LogP contribution in [0.4, 0.5) is 5.69 Å². The Kier molecular flexibility index (Phi) is 3.16. The average Bonchev–Trinajstić information content (AvgIpc) is 2.97. The van der Waals surface area contributed by atoms with Gasteiger partial charge in [-0.05, 0) is 34.5 Å². The fourth-order valence-electron chi connectivity index (χ4n) is 2.16. The van der Waals surface area contributed by atoms with E-state index < -0.39 is 0 Å². The fraction of sp³-hybridized carbons (Fsp3) is 0.133. The van der Waals surface area contributed by atoms with Crippen LogP contribution >= 0.6 is 0 Å². The zero-order valence-electron chi connectivity index (χ0n) is 11.2. The standard InChI is InChI=1S/C15H15N5/c1-2-11-8-9-13(10-14(11)16)20-15(17-18-19-20)12-6-4-3-5-7-12/h3-10H,2,16H2,1H3. The van der Waals surface area contributed by atoms with Gasteiger partial charge in [0.05, 0.1) is 5.69 Å². The topological polar surface area (TPSA) is 69.6 Å². The molecular formula is C15H15N5. The Morgan fingerprint density at radius 1 is 1.10 bits per heavy atom. The van der Waals surface area contributed by atoms with E-state index in [1.165, 1.54) is 0 Å². The second-order valence-corrected chi connectivity index (χ2v) is 4.52. The van der Waals surface area contributed by atoms with E-state index in [0.29, 0.717) is 5.82 Å². The van der Waals surface area contributed by atoms with Gasteiger partial charge in [0.1, 0.15) is 0 Å². The third kappa shape index (κ3) is 2.14. The maximum Gasteiger partial charge on any atom is 0.187 e. The molecule has 0 aliphatic rings. The monoisotopic (exact) mass is 265 g/mol. The quantitative estimate of drug-likeness (QED) is 0.739. The van der Waals surface area contributed by atoms with Crippen molar-refractivity contribution in [1.82, 2.24) is 20.2 Å². The first-order chi connectivity index (χ1) is 9.79. The first kappa shape index (κ1) is 12.3. The summed E-state index contributed by atoms with van der Waals surface area (Å²) >= 11 is 0. The lowest BCUT2D eigenvalue weighted by atomic mass is 10.1. The number of benzene rings is 2. The normalized spacial score (nSPS) is 10.7. The minimum Gasteiger partial charge on any atom is -0.398 e. The molecule has 0 saturated heterocycles. The van der Waals surface area contributed by atoms with Crippen LogP contribution in [0.5, 0.6) is 0 Å². The van der Waals surface area contributed by atoms with Crippen molar-refractivity contribution in [2.75, 3.05) is 5.73 Å². The summed E-state index contributed by atoms with van der Waals surface area (Å²) in [7, 11) is 0. The number of tetrazole rings is 1. The summed E-state index contributed by atoms with van der Waals surface area (Å²) in [4.78, 5) is 0. The van der Waals surface area contributed by atoms with Crippen LogP contribution in [-0.2, 0) is 6.42 Å². The van der Waals surface area contributed by atoms with Crippen molar-refractivity contribution in [3.63, 3.8) is 0 Å². The van der Waals surface area contributed by atoms with E-state index in [1.807, 2.05) is 48.5 Å². The van der Waals surface area contributed by atoms with Gasteiger partial charge in [-0.25, -0.2) is 0 Å². The molecule has 5 nitrogen and oxygen atoms in total. The van der Waals surface area contributed by atoms with Gasteiger partial charge >= 0.3 is 0 Å². The lowest BCUT2D eigenvalue weighted by Crippen LogP contribution is -2.02. The molecule has 3 rings (SSSR count). The van der Waals surface area contributed by atoms with Gasteiger partial charge < -0.3 is 5.73 Å². The van der Waals surface area contributed by atoms with Crippen LogP contribution in [0.15, 0.2) is 48.5 Å². The van der Waals surface area contributed by atoms with Gasteiger partial charge in [0.25, 0.3) is 0 Å². The highest BCUT2D eigenvalue weighted by molar-refractivity contribution is 5.60. The van der Waals surface area contributed by atoms with E-state index >= 15 is 0 Å². The molecule has 0 fully saturated rings. The Balaban J connectivity index is 2.08. The van der Waals surface area contributed by atoms with Crippen molar-refractivity contribution in [2.45, 2.75) is 13.3 Å². The molecule has 20 heavy (non-hydrogen) atoms. The van der Waals surface area contributed by atoms with Crippen molar-refractivity contribution in [1.29, 1.82) is 0 Å². The number of aryl methyl sites for hydroxylation is 1. The van der Waals surface area contributed by atoms with Crippen molar-refractivity contribution < 1.29 is 0 Å². The Morgan fingerprint density at radius 3 is 2.60 bits per heavy atom. The molecule has 0 saturated carbocycles. The fourth-order valence-corrected chi connectivity index (χ4v) is 2.16. The molecule has 5 heteroatoms. The van der Waals surface area contributed by atoms with Crippen LogP contribution in [-0.4, -0.2) is 20.2 Å². The Labute approximate surface area is 117 Å². The van der Waals surface area contributed by atoms with Crippen LogP contribution in [0, 0.1) is 0 Å². The summed E-state index contributed by atoms with van der Waals surface area (Å²) in [5, 5.41) is 11.9. The molecule has 1 aromatic heterocycles. The Morgan fingerprint density at radius 2 is 1.90 bits per heavy atom. The van der Waals surface area contributed by atoms with E-state index in [0.717, 1.165) is 28.9 Å². The summed E-state index contributed by atoms with van der Waals surface area (Å²) in [5.41, 5.74) is 9.77. The van der Waals surface area contributed by atoms with Crippen molar-refractivity contribution in [3.05, 3.63) is 54.1 Å². The molecule has 0 aliphatic heterocycles. The van der Waals surface area contributed by atoms with E-state index in [1.54, 1.807) is 4.68 Å². The molecule has 2 aromatic carbocycles. The number of nitrogens with two attached hydrogens (primary N) is 1. The summed E-state index contributed by atoms with van der Waals surface area (Å²) in [5.74, 6) is 0.703. The van der Waals surface area contributed by atoms with Gasteiger partial charge in [-0.2, -0.15) is 4.68 Å². The first-order valence-corrected chi connectivity index (χ1v) is 6.52. The summed E-state index contributed by atoms with van der Waals surface area (Å²) < 4.78 is 1.70.